The van der Waals surface area contributed by atoms with Crippen LogP contribution in [0.1, 0.15) is 25.8 Å². The van der Waals surface area contributed by atoms with Crippen LogP contribution in [-0.4, -0.2) is 19.3 Å². The van der Waals surface area contributed by atoms with Gasteiger partial charge in [-0.3, -0.25) is 0 Å². The fraction of sp³-hybridized carbons (Fsp3) is 0.538. The molecule has 1 atom stereocenters. The summed E-state index contributed by atoms with van der Waals surface area (Å²) in [6.07, 6.45) is 1.44. The Labute approximate surface area is 92.6 Å². The molecule has 0 aliphatic carbocycles. The van der Waals surface area contributed by atoms with E-state index in [9.17, 15) is 0 Å². The van der Waals surface area contributed by atoms with E-state index < -0.39 is 0 Å². The molecule has 1 N–H and O–H groups in total. The Bertz CT molecular complexity index is 268. The summed E-state index contributed by atoms with van der Waals surface area (Å²) in [7, 11) is 0. The van der Waals surface area contributed by atoms with Crippen molar-refractivity contribution in [3.8, 4) is 0 Å². The molecule has 15 heavy (non-hydrogen) atoms. The molecule has 0 amide bonds. The van der Waals surface area contributed by atoms with Crippen LogP contribution >= 0.6 is 0 Å². The molecule has 1 aromatic rings. The van der Waals surface area contributed by atoms with Gasteiger partial charge in [0.15, 0.2) is 0 Å². The summed E-state index contributed by atoms with van der Waals surface area (Å²) < 4.78 is 5.57. The second-order valence-corrected chi connectivity index (χ2v) is 3.88. The van der Waals surface area contributed by atoms with Gasteiger partial charge in [-0.15, -0.1) is 0 Å². The average molecular weight is 207 g/mol. The first-order chi connectivity index (χ1) is 7.22. The van der Waals surface area contributed by atoms with Crippen molar-refractivity contribution in [1.82, 2.24) is 0 Å². The Morgan fingerprint density at radius 3 is 2.53 bits per heavy atom. The van der Waals surface area contributed by atoms with Crippen molar-refractivity contribution in [3.63, 3.8) is 0 Å². The third-order valence-electron chi connectivity index (χ3n) is 2.46. The number of aryl methyl sites for hydroxylation is 1. The van der Waals surface area contributed by atoms with E-state index in [1.807, 2.05) is 0 Å². The number of ether oxygens (including phenoxy) is 1. The fourth-order valence-electron chi connectivity index (χ4n) is 1.24. The minimum Gasteiger partial charge on any atom is -0.383 e. The predicted octanol–water partition coefficient (Wildman–Crippen LogP) is 3.22. The lowest BCUT2D eigenvalue weighted by molar-refractivity contribution is 0.0713. The molecule has 1 unspecified atom stereocenters. The zero-order chi connectivity index (χ0) is 11.1. The normalized spacial score (nSPS) is 12.5. The van der Waals surface area contributed by atoms with Crippen molar-refractivity contribution in [1.29, 1.82) is 0 Å². The summed E-state index contributed by atoms with van der Waals surface area (Å²) >= 11 is 0. The minimum atomic E-state index is 0.366. The Kier molecular flexibility index (Phi) is 5.19. The van der Waals surface area contributed by atoms with Gasteiger partial charge < -0.3 is 10.1 Å². The number of hydrogen-bond acceptors (Lipinski definition) is 2. The molecule has 0 heterocycles. The number of hydrogen-bond donors (Lipinski definition) is 1. The van der Waals surface area contributed by atoms with Gasteiger partial charge in [-0.25, -0.2) is 0 Å². The van der Waals surface area contributed by atoms with E-state index in [1.54, 1.807) is 0 Å². The predicted molar refractivity (Wildman–Crippen MR) is 65.4 cm³/mol. The molecule has 0 saturated carbocycles. The highest BCUT2D eigenvalue weighted by atomic mass is 16.5. The molecule has 2 heteroatoms. The molecule has 0 spiro atoms. The molecule has 0 radical (unpaired) electrons. The highest BCUT2D eigenvalue weighted by Gasteiger charge is 1.97. The van der Waals surface area contributed by atoms with Crippen LogP contribution in [-0.2, 0) is 4.74 Å². The topological polar surface area (TPSA) is 21.3 Å². The molecule has 0 aromatic heterocycles. The van der Waals surface area contributed by atoms with E-state index in [2.05, 4.69) is 50.4 Å². The van der Waals surface area contributed by atoms with Crippen LogP contribution in [0.5, 0.6) is 0 Å². The van der Waals surface area contributed by atoms with Crippen LogP contribution in [0.25, 0.3) is 0 Å². The highest BCUT2D eigenvalue weighted by molar-refractivity contribution is 5.44. The van der Waals surface area contributed by atoms with Crippen molar-refractivity contribution >= 4 is 5.69 Å². The third kappa shape index (κ3) is 4.84. The van der Waals surface area contributed by atoms with Crippen LogP contribution in [0.3, 0.4) is 0 Å². The van der Waals surface area contributed by atoms with Crippen molar-refractivity contribution in [2.24, 2.45) is 0 Å². The summed E-state index contributed by atoms with van der Waals surface area (Å²) in [6, 6.07) is 8.41. The molecular formula is C13H21NO. The van der Waals surface area contributed by atoms with Crippen molar-refractivity contribution in [2.75, 3.05) is 18.5 Å². The first-order valence-corrected chi connectivity index (χ1v) is 5.64. The first-order valence-electron chi connectivity index (χ1n) is 5.64. The van der Waals surface area contributed by atoms with Gasteiger partial charge >= 0.3 is 0 Å². The maximum absolute atomic E-state index is 5.57. The number of rotatable bonds is 6. The van der Waals surface area contributed by atoms with Gasteiger partial charge in [-0.2, -0.15) is 0 Å². The van der Waals surface area contributed by atoms with E-state index in [-0.39, 0.29) is 0 Å². The smallest absolute Gasteiger partial charge is 0.0642 e. The lowest BCUT2D eigenvalue weighted by Crippen LogP contribution is -2.14. The number of nitrogens with one attached hydrogen (secondary N) is 1. The van der Waals surface area contributed by atoms with E-state index >= 15 is 0 Å². The maximum atomic E-state index is 5.57. The quantitative estimate of drug-likeness (QED) is 0.723. The van der Waals surface area contributed by atoms with E-state index in [1.165, 1.54) is 5.56 Å². The standard InChI is InChI=1S/C13H21NO/c1-4-12(3)15-10-9-14-13-7-5-11(2)6-8-13/h5-8,12,14H,4,9-10H2,1-3H3. The summed E-state index contributed by atoms with van der Waals surface area (Å²) in [5.41, 5.74) is 2.45. The molecule has 0 saturated heterocycles. The van der Waals surface area contributed by atoms with Crippen LogP contribution in [0, 0.1) is 6.92 Å². The highest BCUT2D eigenvalue weighted by Crippen LogP contribution is 2.07. The fourth-order valence-corrected chi connectivity index (χ4v) is 1.24. The first kappa shape index (κ1) is 12.1. The Morgan fingerprint density at radius 2 is 1.93 bits per heavy atom. The van der Waals surface area contributed by atoms with Gasteiger partial charge in [0, 0.05) is 12.2 Å². The van der Waals surface area contributed by atoms with Crippen LogP contribution in [0.4, 0.5) is 5.69 Å². The van der Waals surface area contributed by atoms with Crippen molar-refractivity contribution < 1.29 is 4.74 Å². The molecule has 84 valence electrons. The van der Waals surface area contributed by atoms with Gasteiger partial charge in [-0.05, 0) is 32.4 Å². The molecule has 0 fully saturated rings. The lowest BCUT2D eigenvalue weighted by atomic mass is 10.2. The Morgan fingerprint density at radius 1 is 1.27 bits per heavy atom. The van der Waals surface area contributed by atoms with Gasteiger partial charge in [0.05, 0.1) is 12.7 Å². The van der Waals surface area contributed by atoms with Gasteiger partial charge in [0.1, 0.15) is 0 Å². The second-order valence-electron chi connectivity index (χ2n) is 3.88. The Hall–Kier alpha value is -1.02. The van der Waals surface area contributed by atoms with Crippen LogP contribution < -0.4 is 5.32 Å². The number of benzene rings is 1. The van der Waals surface area contributed by atoms with E-state index in [0.717, 1.165) is 25.3 Å². The molecule has 0 bridgehead atoms. The largest absolute Gasteiger partial charge is 0.383 e. The van der Waals surface area contributed by atoms with Crippen LogP contribution in [0.15, 0.2) is 24.3 Å². The zero-order valence-electron chi connectivity index (χ0n) is 9.92. The van der Waals surface area contributed by atoms with Gasteiger partial charge in [0.2, 0.25) is 0 Å². The second kappa shape index (κ2) is 6.46. The van der Waals surface area contributed by atoms with Crippen molar-refractivity contribution in [3.05, 3.63) is 29.8 Å². The van der Waals surface area contributed by atoms with Crippen molar-refractivity contribution in [2.45, 2.75) is 33.3 Å². The summed E-state index contributed by atoms with van der Waals surface area (Å²) in [5, 5.41) is 3.33. The minimum absolute atomic E-state index is 0.366. The molecule has 0 aliphatic rings. The summed E-state index contributed by atoms with van der Waals surface area (Å²) in [5.74, 6) is 0. The monoisotopic (exact) mass is 207 g/mol. The van der Waals surface area contributed by atoms with E-state index in [0.29, 0.717) is 6.10 Å². The molecule has 0 aliphatic heterocycles. The summed E-state index contributed by atoms with van der Waals surface area (Å²) in [4.78, 5) is 0. The SMILES string of the molecule is CCC(C)OCCNc1ccc(C)cc1. The lowest BCUT2D eigenvalue weighted by Gasteiger charge is -2.11. The zero-order valence-corrected chi connectivity index (χ0v) is 9.92. The molecule has 2 nitrogen and oxygen atoms in total. The molecule has 1 rings (SSSR count). The third-order valence-corrected chi connectivity index (χ3v) is 2.46. The van der Waals surface area contributed by atoms with E-state index in [4.69, 9.17) is 4.74 Å². The Balaban J connectivity index is 2.17. The summed E-state index contributed by atoms with van der Waals surface area (Å²) in [6.45, 7) is 7.97. The van der Waals surface area contributed by atoms with Crippen LogP contribution in [0.2, 0.25) is 0 Å². The molecule has 1 aromatic carbocycles. The van der Waals surface area contributed by atoms with Gasteiger partial charge in [0.25, 0.3) is 0 Å². The maximum Gasteiger partial charge on any atom is 0.0642 e. The average Bonchev–Trinajstić information content (AvgIpc) is 2.26. The molecular weight excluding hydrogens is 186 g/mol. The van der Waals surface area contributed by atoms with Gasteiger partial charge in [-0.1, -0.05) is 24.6 Å². The number of anilines is 1.